The first-order valence-electron chi connectivity index (χ1n) is 10.1. The number of carbonyl (C=O) groups excluding carboxylic acids is 1. The van der Waals surface area contributed by atoms with E-state index in [4.69, 9.17) is 4.74 Å². The minimum atomic E-state index is -0.409. The Balaban J connectivity index is 3.38. The van der Waals surface area contributed by atoms with Gasteiger partial charge in [-0.3, -0.25) is 0 Å². The van der Waals surface area contributed by atoms with Crippen LogP contribution in [0.4, 0.5) is 4.79 Å². The summed E-state index contributed by atoms with van der Waals surface area (Å²) in [7, 11) is 0. The summed E-state index contributed by atoms with van der Waals surface area (Å²) in [5, 5.41) is 2.82. The number of hydrogen-bond donors (Lipinski definition) is 1. The molecule has 0 rings (SSSR count). The van der Waals surface area contributed by atoms with Gasteiger partial charge in [-0.05, 0) is 66.1 Å². The van der Waals surface area contributed by atoms with Crippen molar-refractivity contribution in [1.82, 2.24) is 10.2 Å². The van der Waals surface area contributed by atoms with Gasteiger partial charge in [0, 0.05) is 6.54 Å². The first-order valence-corrected chi connectivity index (χ1v) is 10.1. The molecule has 24 heavy (non-hydrogen) atoms. The van der Waals surface area contributed by atoms with Crippen LogP contribution in [-0.4, -0.2) is 42.8 Å². The van der Waals surface area contributed by atoms with Gasteiger partial charge in [0.05, 0.1) is 0 Å². The molecular formula is C20H42N2O2. The van der Waals surface area contributed by atoms with E-state index in [9.17, 15) is 4.79 Å². The van der Waals surface area contributed by atoms with E-state index >= 15 is 0 Å². The van der Waals surface area contributed by atoms with E-state index in [1.54, 1.807) is 0 Å². The fourth-order valence-electron chi connectivity index (χ4n) is 2.82. The molecule has 0 bridgehead atoms. The summed E-state index contributed by atoms with van der Waals surface area (Å²) in [6, 6.07) is 0. The lowest BCUT2D eigenvalue weighted by molar-refractivity contribution is 0.0527. The Hall–Kier alpha value is -0.770. The highest BCUT2D eigenvalue weighted by molar-refractivity contribution is 5.67. The second kappa shape index (κ2) is 14.6. The Labute approximate surface area is 150 Å². The zero-order valence-corrected chi connectivity index (χ0v) is 17.0. The number of nitrogens with zero attached hydrogens (tertiary/aromatic N) is 1. The molecule has 0 unspecified atom stereocenters. The molecule has 0 heterocycles. The lowest BCUT2D eigenvalue weighted by Crippen LogP contribution is -2.32. The average molecular weight is 343 g/mol. The number of nitrogens with one attached hydrogen (secondary N) is 1. The summed E-state index contributed by atoms with van der Waals surface area (Å²) < 4.78 is 5.21. The predicted octanol–water partition coefficient (Wildman–Crippen LogP) is 5.36. The van der Waals surface area contributed by atoms with E-state index in [1.165, 1.54) is 71.0 Å². The normalized spacial score (nSPS) is 11.8. The van der Waals surface area contributed by atoms with Crippen molar-refractivity contribution in [3.63, 3.8) is 0 Å². The van der Waals surface area contributed by atoms with Crippen molar-refractivity contribution >= 4 is 6.09 Å². The molecule has 0 aliphatic rings. The van der Waals surface area contributed by atoms with Crippen LogP contribution in [0.1, 0.15) is 92.4 Å². The number of rotatable bonds is 14. The Morgan fingerprint density at radius 3 is 1.83 bits per heavy atom. The molecule has 0 aromatic heterocycles. The highest BCUT2D eigenvalue weighted by Crippen LogP contribution is 2.09. The minimum Gasteiger partial charge on any atom is -0.444 e. The van der Waals surface area contributed by atoms with Gasteiger partial charge in [-0.25, -0.2) is 4.79 Å². The van der Waals surface area contributed by atoms with Crippen LogP contribution in [0, 0.1) is 0 Å². The minimum absolute atomic E-state index is 0.300. The van der Waals surface area contributed by atoms with E-state index in [0.717, 1.165) is 13.0 Å². The molecule has 0 atom stereocenters. The van der Waals surface area contributed by atoms with E-state index in [0.29, 0.717) is 0 Å². The first kappa shape index (κ1) is 23.2. The molecule has 4 nitrogen and oxygen atoms in total. The highest BCUT2D eigenvalue weighted by Gasteiger charge is 2.15. The Morgan fingerprint density at radius 1 is 0.833 bits per heavy atom. The molecule has 1 N–H and O–H groups in total. The molecule has 0 aliphatic carbocycles. The quantitative estimate of drug-likeness (QED) is 0.432. The molecule has 144 valence electrons. The average Bonchev–Trinajstić information content (AvgIpc) is 2.47. The van der Waals surface area contributed by atoms with Crippen molar-refractivity contribution in [3.8, 4) is 0 Å². The summed E-state index contributed by atoms with van der Waals surface area (Å²) in [6.07, 6.45) is 11.1. The number of carbonyl (C=O) groups is 1. The van der Waals surface area contributed by atoms with Gasteiger partial charge in [0.25, 0.3) is 0 Å². The first-order chi connectivity index (χ1) is 11.4. The topological polar surface area (TPSA) is 41.6 Å². The lowest BCUT2D eigenvalue weighted by atomic mass is 10.1. The van der Waals surface area contributed by atoms with Crippen LogP contribution in [0.25, 0.3) is 0 Å². The van der Waals surface area contributed by atoms with Gasteiger partial charge < -0.3 is 15.0 Å². The molecule has 0 aromatic carbocycles. The zero-order valence-electron chi connectivity index (χ0n) is 17.0. The Kier molecular flexibility index (Phi) is 14.1. The standard InChI is InChI=1S/C20H42N2O2/c1-6-16-22(17-7-2)18-14-12-10-8-9-11-13-15-21-19(23)24-20(3,4)5/h6-18H2,1-5H3,(H,21,23). The second-order valence-corrected chi connectivity index (χ2v) is 7.75. The van der Waals surface area contributed by atoms with Gasteiger partial charge in [0.2, 0.25) is 0 Å². The van der Waals surface area contributed by atoms with Crippen LogP contribution in [-0.2, 0) is 4.74 Å². The van der Waals surface area contributed by atoms with Crippen molar-refractivity contribution in [1.29, 1.82) is 0 Å². The number of alkyl carbamates (subject to hydrolysis) is 1. The Morgan fingerprint density at radius 2 is 1.33 bits per heavy atom. The second-order valence-electron chi connectivity index (χ2n) is 7.75. The smallest absolute Gasteiger partial charge is 0.407 e. The van der Waals surface area contributed by atoms with Crippen LogP contribution in [0.3, 0.4) is 0 Å². The summed E-state index contributed by atoms with van der Waals surface area (Å²) in [5.41, 5.74) is -0.409. The van der Waals surface area contributed by atoms with Crippen molar-refractivity contribution in [2.75, 3.05) is 26.2 Å². The van der Waals surface area contributed by atoms with Crippen LogP contribution in [0.2, 0.25) is 0 Å². The van der Waals surface area contributed by atoms with Crippen molar-refractivity contribution in [2.24, 2.45) is 0 Å². The maximum atomic E-state index is 11.5. The summed E-state index contributed by atoms with van der Waals surface area (Å²) in [6.45, 7) is 14.7. The molecular weight excluding hydrogens is 300 g/mol. The zero-order chi connectivity index (χ0) is 18.3. The largest absolute Gasteiger partial charge is 0.444 e. The third kappa shape index (κ3) is 16.1. The summed E-state index contributed by atoms with van der Waals surface area (Å²) >= 11 is 0. The molecule has 0 fully saturated rings. The molecule has 0 radical (unpaired) electrons. The summed E-state index contributed by atoms with van der Waals surface area (Å²) in [5.74, 6) is 0. The van der Waals surface area contributed by atoms with Gasteiger partial charge >= 0.3 is 6.09 Å². The van der Waals surface area contributed by atoms with Gasteiger partial charge in [-0.1, -0.05) is 46.0 Å². The molecule has 0 saturated heterocycles. The monoisotopic (exact) mass is 342 g/mol. The predicted molar refractivity (Wildman–Crippen MR) is 104 cm³/mol. The van der Waals surface area contributed by atoms with Crippen molar-refractivity contribution in [2.45, 2.75) is 98.0 Å². The third-order valence-corrected chi connectivity index (χ3v) is 3.90. The van der Waals surface area contributed by atoms with Crippen molar-refractivity contribution < 1.29 is 9.53 Å². The third-order valence-electron chi connectivity index (χ3n) is 3.90. The fourth-order valence-corrected chi connectivity index (χ4v) is 2.82. The maximum absolute atomic E-state index is 11.5. The summed E-state index contributed by atoms with van der Waals surface area (Å²) in [4.78, 5) is 14.1. The number of unbranched alkanes of at least 4 members (excludes halogenated alkanes) is 6. The molecule has 0 spiro atoms. The number of hydrogen-bond acceptors (Lipinski definition) is 3. The molecule has 1 amide bonds. The SMILES string of the molecule is CCCN(CCC)CCCCCCCCCNC(=O)OC(C)(C)C. The maximum Gasteiger partial charge on any atom is 0.407 e. The van der Waals surface area contributed by atoms with Gasteiger partial charge in [-0.15, -0.1) is 0 Å². The van der Waals surface area contributed by atoms with Crippen LogP contribution >= 0.6 is 0 Å². The number of ether oxygens (including phenoxy) is 1. The lowest BCUT2D eigenvalue weighted by Gasteiger charge is -2.20. The van der Waals surface area contributed by atoms with Gasteiger partial charge in [0.15, 0.2) is 0 Å². The molecule has 0 aliphatic heterocycles. The van der Waals surface area contributed by atoms with Gasteiger partial charge in [-0.2, -0.15) is 0 Å². The van der Waals surface area contributed by atoms with E-state index < -0.39 is 5.60 Å². The molecule has 0 aromatic rings. The Bertz CT molecular complexity index is 295. The number of amides is 1. The van der Waals surface area contributed by atoms with E-state index in [1.807, 2.05) is 20.8 Å². The van der Waals surface area contributed by atoms with Gasteiger partial charge in [0.1, 0.15) is 5.60 Å². The molecule has 0 saturated carbocycles. The van der Waals surface area contributed by atoms with Crippen molar-refractivity contribution in [3.05, 3.63) is 0 Å². The molecule has 4 heteroatoms. The van der Waals surface area contributed by atoms with Crippen LogP contribution in [0.15, 0.2) is 0 Å². The van der Waals surface area contributed by atoms with Crippen LogP contribution < -0.4 is 5.32 Å². The van der Waals surface area contributed by atoms with E-state index in [-0.39, 0.29) is 6.09 Å². The highest BCUT2D eigenvalue weighted by atomic mass is 16.6. The van der Waals surface area contributed by atoms with E-state index in [2.05, 4.69) is 24.1 Å². The fraction of sp³-hybridized carbons (Fsp3) is 0.950. The van der Waals surface area contributed by atoms with Crippen LogP contribution in [0.5, 0.6) is 0 Å².